The molecular formula is C14H16BrN3O2. The predicted octanol–water partition coefficient (Wildman–Crippen LogP) is 1.79. The van der Waals surface area contributed by atoms with Crippen molar-refractivity contribution in [1.29, 1.82) is 0 Å². The average Bonchev–Trinajstić information content (AvgIpc) is 2.80. The summed E-state index contributed by atoms with van der Waals surface area (Å²) in [6, 6.07) is 5.53. The van der Waals surface area contributed by atoms with Gasteiger partial charge in [0, 0.05) is 34.7 Å². The van der Waals surface area contributed by atoms with E-state index in [9.17, 15) is 9.59 Å². The zero-order chi connectivity index (χ0) is 14.7. The fourth-order valence-corrected chi connectivity index (χ4v) is 2.24. The van der Waals surface area contributed by atoms with Gasteiger partial charge < -0.3 is 15.2 Å². The molecule has 0 aliphatic heterocycles. The zero-order valence-electron chi connectivity index (χ0n) is 11.4. The molecule has 0 atom stereocenters. The number of hydrogen-bond donors (Lipinski definition) is 2. The predicted molar refractivity (Wildman–Crippen MR) is 81.9 cm³/mol. The van der Waals surface area contributed by atoms with Gasteiger partial charge in [-0.2, -0.15) is 0 Å². The normalized spacial score (nSPS) is 11.0. The lowest BCUT2D eigenvalue weighted by Gasteiger charge is -2.09. The van der Waals surface area contributed by atoms with Gasteiger partial charge in [0.1, 0.15) is 0 Å². The van der Waals surface area contributed by atoms with Gasteiger partial charge in [-0.05, 0) is 26.2 Å². The van der Waals surface area contributed by atoms with Crippen molar-refractivity contribution in [2.24, 2.45) is 0 Å². The Labute approximate surface area is 125 Å². The number of benzene rings is 1. The maximum absolute atomic E-state index is 12.1. The number of Topliss-reactive ketones (excluding diaryl/α,β-unsaturated/α-hetero) is 1. The van der Waals surface area contributed by atoms with Crippen LogP contribution in [-0.4, -0.2) is 48.8 Å². The summed E-state index contributed by atoms with van der Waals surface area (Å²) in [5.74, 6) is -1.09. The lowest BCUT2D eigenvalue weighted by Crippen LogP contribution is -2.35. The first-order valence-corrected chi connectivity index (χ1v) is 7.02. The molecule has 0 saturated heterocycles. The number of carbonyl (C=O) groups is 2. The average molecular weight is 338 g/mol. The monoisotopic (exact) mass is 337 g/mol. The van der Waals surface area contributed by atoms with E-state index in [4.69, 9.17) is 0 Å². The van der Waals surface area contributed by atoms with Gasteiger partial charge in [0.05, 0.1) is 5.56 Å². The quantitative estimate of drug-likeness (QED) is 0.645. The fraction of sp³-hybridized carbons (Fsp3) is 0.286. The molecule has 0 saturated carbocycles. The lowest BCUT2D eigenvalue weighted by molar-refractivity contribution is -0.117. The number of ketones is 1. The van der Waals surface area contributed by atoms with Gasteiger partial charge in [-0.1, -0.05) is 22.0 Å². The van der Waals surface area contributed by atoms with E-state index in [1.807, 2.05) is 37.2 Å². The van der Waals surface area contributed by atoms with Gasteiger partial charge in [0.2, 0.25) is 0 Å². The summed E-state index contributed by atoms with van der Waals surface area (Å²) in [5, 5.41) is 3.38. The highest BCUT2D eigenvalue weighted by molar-refractivity contribution is 9.10. The highest BCUT2D eigenvalue weighted by atomic mass is 79.9. The Hall–Kier alpha value is -1.66. The molecule has 106 valence electrons. The Morgan fingerprint density at radius 3 is 2.80 bits per heavy atom. The molecule has 6 heteroatoms. The summed E-state index contributed by atoms with van der Waals surface area (Å²) in [5.41, 5.74) is 1.22. The Morgan fingerprint density at radius 2 is 2.10 bits per heavy atom. The molecule has 2 rings (SSSR count). The van der Waals surface area contributed by atoms with Crippen LogP contribution in [0.4, 0.5) is 0 Å². The van der Waals surface area contributed by atoms with Crippen LogP contribution in [0.5, 0.6) is 0 Å². The first-order valence-electron chi connectivity index (χ1n) is 6.23. The van der Waals surface area contributed by atoms with Crippen molar-refractivity contribution >= 4 is 38.5 Å². The van der Waals surface area contributed by atoms with Gasteiger partial charge in [0.15, 0.2) is 0 Å². The molecule has 0 aliphatic rings. The fourth-order valence-electron chi connectivity index (χ4n) is 1.88. The van der Waals surface area contributed by atoms with E-state index in [1.54, 1.807) is 6.20 Å². The molecule has 20 heavy (non-hydrogen) atoms. The van der Waals surface area contributed by atoms with Crippen molar-refractivity contribution in [3.05, 3.63) is 34.4 Å². The van der Waals surface area contributed by atoms with Crippen LogP contribution in [0.25, 0.3) is 10.9 Å². The number of nitrogens with one attached hydrogen (secondary N) is 2. The van der Waals surface area contributed by atoms with Crippen molar-refractivity contribution in [3.8, 4) is 0 Å². The van der Waals surface area contributed by atoms with Gasteiger partial charge in [-0.15, -0.1) is 0 Å². The summed E-state index contributed by atoms with van der Waals surface area (Å²) >= 11 is 3.37. The summed E-state index contributed by atoms with van der Waals surface area (Å²) in [6.45, 7) is 1.14. The minimum Gasteiger partial charge on any atom is -0.360 e. The smallest absolute Gasteiger partial charge is 0.292 e. The molecule has 2 N–H and O–H groups in total. The van der Waals surface area contributed by atoms with Crippen molar-refractivity contribution in [3.63, 3.8) is 0 Å². The van der Waals surface area contributed by atoms with E-state index in [0.29, 0.717) is 18.7 Å². The molecular weight excluding hydrogens is 322 g/mol. The lowest BCUT2D eigenvalue weighted by atomic mass is 10.1. The molecule has 0 aliphatic carbocycles. The number of likely N-dealkylation sites (N-methyl/N-ethyl adjacent to an activating group) is 1. The maximum atomic E-state index is 12.1. The van der Waals surface area contributed by atoms with Crippen LogP contribution in [0.2, 0.25) is 0 Å². The van der Waals surface area contributed by atoms with Gasteiger partial charge >= 0.3 is 0 Å². The molecule has 0 bridgehead atoms. The number of fused-ring (bicyclic) bond motifs is 1. The van der Waals surface area contributed by atoms with Crippen LogP contribution in [0.3, 0.4) is 0 Å². The van der Waals surface area contributed by atoms with E-state index in [2.05, 4.69) is 26.2 Å². The van der Waals surface area contributed by atoms with Crippen LogP contribution < -0.4 is 5.32 Å². The molecule has 1 aromatic heterocycles. The molecule has 0 radical (unpaired) electrons. The van der Waals surface area contributed by atoms with Crippen molar-refractivity contribution in [1.82, 2.24) is 15.2 Å². The third-order valence-corrected chi connectivity index (χ3v) is 3.43. The SMILES string of the molecule is CN(C)CCNC(=O)C(=O)c1c[nH]c2cc(Br)ccc12. The second kappa shape index (κ2) is 6.19. The van der Waals surface area contributed by atoms with Crippen LogP contribution >= 0.6 is 15.9 Å². The van der Waals surface area contributed by atoms with E-state index >= 15 is 0 Å². The number of rotatable bonds is 5. The minimum absolute atomic E-state index is 0.398. The highest BCUT2D eigenvalue weighted by Crippen LogP contribution is 2.22. The summed E-state index contributed by atoms with van der Waals surface area (Å²) in [6.07, 6.45) is 1.57. The number of carbonyl (C=O) groups excluding carboxylic acids is 2. The second-order valence-electron chi connectivity index (χ2n) is 4.78. The Kier molecular flexibility index (Phi) is 4.57. The molecule has 0 fully saturated rings. The third-order valence-electron chi connectivity index (χ3n) is 2.94. The molecule has 1 amide bonds. The number of aromatic nitrogens is 1. The Bertz CT molecular complexity index is 649. The van der Waals surface area contributed by atoms with Crippen molar-refractivity contribution in [2.75, 3.05) is 27.2 Å². The van der Waals surface area contributed by atoms with E-state index in [0.717, 1.165) is 15.4 Å². The Balaban J connectivity index is 2.13. The van der Waals surface area contributed by atoms with Crippen molar-refractivity contribution < 1.29 is 9.59 Å². The van der Waals surface area contributed by atoms with E-state index in [1.165, 1.54) is 0 Å². The van der Waals surface area contributed by atoms with E-state index in [-0.39, 0.29) is 0 Å². The first-order chi connectivity index (χ1) is 9.49. The first kappa shape index (κ1) is 14.7. The highest BCUT2D eigenvalue weighted by Gasteiger charge is 2.19. The van der Waals surface area contributed by atoms with Crippen molar-refractivity contribution in [2.45, 2.75) is 0 Å². The number of aromatic amines is 1. The van der Waals surface area contributed by atoms with Crippen LogP contribution in [0, 0.1) is 0 Å². The van der Waals surface area contributed by atoms with E-state index < -0.39 is 11.7 Å². The number of H-pyrrole nitrogens is 1. The zero-order valence-corrected chi connectivity index (χ0v) is 13.0. The largest absolute Gasteiger partial charge is 0.360 e. The molecule has 0 spiro atoms. The van der Waals surface area contributed by atoms with Gasteiger partial charge in [-0.25, -0.2) is 0 Å². The standard InChI is InChI=1S/C14H16BrN3O2/c1-18(2)6-5-16-14(20)13(19)11-8-17-12-7-9(15)3-4-10(11)12/h3-4,7-8,17H,5-6H2,1-2H3,(H,16,20). The third kappa shape index (κ3) is 3.26. The second-order valence-corrected chi connectivity index (χ2v) is 5.70. The number of halogens is 1. The number of nitrogens with zero attached hydrogens (tertiary/aromatic N) is 1. The number of amides is 1. The molecule has 2 aromatic rings. The Morgan fingerprint density at radius 1 is 1.35 bits per heavy atom. The summed E-state index contributed by atoms with van der Waals surface area (Å²) in [4.78, 5) is 28.9. The van der Waals surface area contributed by atoms with Crippen LogP contribution in [0.1, 0.15) is 10.4 Å². The van der Waals surface area contributed by atoms with Crippen LogP contribution in [-0.2, 0) is 4.79 Å². The summed E-state index contributed by atoms with van der Waals surface area (Å²) in [7, 11) is 3.82. The minimum atomic E-state index is -0.573. The number of hydrogen-bond acceptors (Lipinski definition) is 3. The maximum Gasteiger partial charge on any atom is 0.292 e. The van der Waals surface area contributed by atoms with Gasteiger partial charge in [0.25, 0.3) is 11.7 Å². The molecule has 5 nitrogen and oxygen atoms in total. The molecule has 1 aromatic carbocycles. The molecule has 1 heterocycles. The van der Waals surface area contributed by atoms with Crippen LogP contribution in [0.15, 0.2) is 28.9 Å². The topological polar surface area (TPSA) is 65.2 Å². The molecule has 0 unspecified atom stereocenters. The van der Waals surface area contributed by atoms with Gasteiger partial charge in [-0.3, -0.25) is 9.59 Å². The summed E-state index contributed by atoms with van der Waals surface area (Å²) < 4.78 is 0.918.